The molecule has 3 aromatic rings. The molecule has 0 radical (unpaired) electrons. The Labute approximate surface area is 223 Å². The summed E-state index contributed by atoms with van der Waals surface area (Å²) in [5.74, 6) is -2.09. The third-order valence-electron chi connectivity index (χ3n) is 5.46. The van der Waals surface area contributed by atoms with E-state index >= 15 is 0 Å². The fourth-order valence-electron chi connectivity index (χ4n) is 3.38. The van der Waals surface area contributed by atoms with Crippen molar-refractivity contribution in [2.45, 2.75) is 32.5 Å². The number of rotatable bonds is 9. The van der Waals surface area contributed by atoms with Crippen LogP contribution < -0.4 is 20.8 Å². The normalized spacial score (nSPS) is 11.3. The number of anilines is 1. The Bertz CT molecular complexity index is 1340. The second-order valence-corrected chi connectivity index (χ2v) is 8.70. The Morgan fingerprint density at radius 1 is 0.923 bits per heavy atom. The molecule has 39 heavy (non-hydrogen) atoms. The van der Waals surface area contributed by atoms with Crippen LogP contribution in [0.5, 0.6) is 5.75 Å². The van der Waals surface area contributed by atoms with E-state index in [-0.39, 0.29) is 18.0 Å². The molecule has 8 nitrogen and oxygen atoms in total. The van der Waals surface area contributed by atoms with Crippen molar-refractivity contribution in [2.75, 3.05) is 11.9 Å². The summed E-state index contributed by atoms with van der Waals surface area (Å²) in [4.78, 5) is 36.4. The Kier molecular flexibility index (Phi) is 9.80. The zero-order valence-electron chi connectivity index (χ0n) is 21.2. The highest BCUT2D eigenvalue weighted by molar-refractivity contribution is 6.35. The summed E-state index contributed by atoms with van der Waals surface area (Å²) in [7, 11) is 0. The fraction of sp³-hybridized carbons (Fsp3) is 0.214. The van der Waals surface area contributed by atoms with Crippen LogP contribution >= 0.6 is 0 Å². The number of carbonyl (C=O) groups excluding carboxylic acids is 3. The number of carbonyl (C=O) groups is 3. The maximum atomic E-state index is 13.1. The molecule has 0 bridgehead atoms. The molecule has 0 aliphatic heterocycles. The lowest BCUT2D eigenvalue weighted by Gasteiger charge is -2.14. The highest BCUT2D eigenvalue weighted by Gasteiger charge is 2.33. The van der Waals surface area contributed by atoms with Gasteiger partial charge in [0.05, 0.1) is 17.5 Å². The molecule has 0 aromatic heterocycles. The van der Waals surface area contributed by atoms with Crippen LogP contribution in [0.2, 0.25) is 0 Å². The van der Waals surface area contributed by atoms with Crippen molar-refractivity contribution >= 4 is 29.6 Å². The van der Waals surface area contributed by atoms with E-state index in [1.54, 1.807) is 18.2 Å². The SMILES string of the molecule is CC(C)c1ccc(CNC(=O)C(=O)N/N=C\c2ccccc2OCC(=O)Nc2ccccc2C(F)(F)F)cc1. The molecule has 0 unspecified atom stereocenters. The van der Waals surface area contributed by atoms with Gasteiger partial charge >= 0.3 is 18.0 Å². The summed E-state index contributed by atoms with van der Waals surface area (Å²) in [5.41, 5.74) is 3.10. The third kappa shape index (κ3) is 8.70. The maximum absolute atomic E-state index is 13.1. The number of amides is 3. The van der Waals surface area contributed by atoms with Crippen molar-refractivity contribution in [3.05, 3.63) is 95.1 Å². The number of nitrogens with one attached hydrogen (secondary N) is 3. The molecule has 0 atom stereocenters. The van der Waals surface area contributed by atoms with Gasteiger partial charge in [-0.05, 0) is 41.3 Å². The van der Waals surface area contributed by atoms with Crippen LogP contribution in [0, 0.1) is 0 Å². The molecule has 204 valence electrons. The first-order valence-corrected chi connectivity index (χ1v) is 11.9. The molecule has 0 aliphatic carbocycles. The van der Waals surface area contributed by atoms with E-state index in [1.807, 2.05) is 24.3 Å². The number of halogens is 3. The van der Waals surface area contributed by atoms with Crippen molar-refractivity contribution in [2.24, 2.45) is 5.10 Å². The van der Waals surface area contributed by atoms with Gasteiger partial charge in [-0.3, -0.25) is 14.4 Å². The smallest absolute Gasteiger partial charge is 0.418 e. The average Bonchev–Trinajstić information content (AvgIpc) is 2.91. The minimum absolute atomic E-state index is 0.167. The van der Waals surface area contributed by atoms with E-state index in [1.165, 1.54) is 24.4 Å². The van der Waals surface area contributed by atoms with Crippen molar-refractivity contribution in [1.82, 2.24) is 10.7 Å². The molecular formula is C28H27F3N4O4. The Hall–Kier alpha value is -4.67. The number of hydrogen-bond acceptors (Lipinski definition) is 5. The van der Waals surface area contributed by atoms with Crippen molar-refractivity contribution in [1.29, 1.82) is 0 Å². The molecule has 0 heterocycles. The molecule has 0 fully saturated rings. The molecule has 3 N–H and O–H groups in total. The van der Waals surface area contributed by atoms with E-state index in [9.17, 15) is 27.6 Å². The Morgan fingerprint density at radius 3 is 2.28 bits per heavy atom. The fourth-order valence-corrected chi connectivity index (χ4v) is 3.38. The van der Waals surface area contributed by atoms with Gasteiger partial charge in [0.2, 0.25) is 0 Å². The highest BCUT2D eigenvalue weighted by Crippen LogP contribution is 2.34. The predicted octanol–water partition coefficient (Wildman–Crippen LogP) is 4.61. The summed E-state index contributed by atoms with van der Waals surface area (Å²) in [5, 5.41) is 8.45. The van der Waals surface area contributed by atoms with Crippen LogP contribution in [0.4, 0.5) is 18.9 Å². The number of alkyl halides is 3. The van der Waals surface area contributed by atoms with Crippen LogP contribution in [0.3, 0.4) is 0 Å². The minimum Gasteiger partial charge on any atom is -0.483 e. The second-order valence-electron chi connectivity index (χ2n) is 8.70. The van der Waals surface area contributed by atoms with Gasteiger partial charge in [0.15, 0.2) is 6.61 Å². The minimum atomic E-state index is -4.63. The van der Waals surface area contributed by atoms with Gasteiger partial charge in [0.1, 0.15) is 5.75 Å². The quantitative estimate of drug-likeness (QED) is 0.209. The topological polar surface area (TPSA) is 109 Å². The highest BCUT2D eigenvalue weighted by atomic mass is 19.4. The van der Waals surface area contributed by atoms with Crippen LogP contribution in [0.15, 0.2) is 77.9 Å². The summed E-state index contributed by atoms with van der Waals surface area (Å²) in [6.07, 6.45) is -3.42. The zero-order valence-corrected chi connectivity index (χ0v) is 21.2. The summed E-state index contributed by atoms with van der Waals surface area (Å²) < 4.78 is 44.8. The van der Waals surface area contributed by atoms with E-state index in [0.717, 1.165) is 23.3 Å². The molecule has 3 amide bonds. The van der Waals surface area contributed by atoms with E-state index in [4.69, 9.17) is 4.74 Å². The van der Waals surface area contributed by atoms with Crippen molar-refractivity contribution < 1.29 is 32.3 Å². The molecule has 0 saturated heterocycles. The second kappa shape index (κ2) is 13.2. The first-order valence-electron chi connectivity index (χ1n) is 11.9. The van der Waals surface area contributed by atoms with Crippen LogP contribution in [-0.2, 0) is 27.1 Å². The van der Waals surface area contributed by atoms with E-state index < -0.39 is 36.1 Å². The zero-order chi connectivity index (χ0) is 28.4. The number of para-hydroxylation sites is 2. The first kappa shape index (κ1) is 28.9. The van der Waals surface area contributed by atoms with Crippen molar-refractivity contribution in [3.63, 3.8) is 0 Å². The monoisotopic (exact) mass is 540 g/mol. The van der Waals surface area contributed by atoms with Gasteiger partial charge in [0.25, 0.3) is 5.91 Å². The van der Waals surface area contributed by atoms with Gasteiger partial charge in [-0.15, -0.1) is 0 Å². The van der Waals surface area contributed by atoms with Gasteiger partial charge in [-0.1, -0.05) is 62.4 Å². The molecule has 0 spiro atoms. The van der Waals surface area contributed by atoms with Gasteiger partial charge in [-0.2, -0.15) is 18.3 Å². The third-order valence-corrected chi connectivity index (χ3v) is 5.46. The molecule has 0 saturated carbocycles. The van der Waals surface area contributed by atoms with Crippen LogP contribution in [0.1, 0.15) is 42.0 Å². The molecule has 3 aromatic carbocycles. The number of nitrogens with zero attached hydrogens (tertiary/aromatic N) is 1. The summed E-state index contributed by atoms with van der Waals surface area (Å²) in [6.45, 7) is 3.74. The van der Waals surface area contributed by atoms with Crippen molar-refractivity contribution in [3.8, 4) is 5.75 Å². The number of hydrazone groups is 1. The van der Waals surface area contributed by atoms with Crippen LogP contribution in [0.25, 0.3) is 0 Å². The molecule has 11 heteroatoms. The standard InChI is InChI=1S/C28H27F3N4O4/c1-18(2)20-13-11-19(12-14-20)15-32-26(37)27(38)35-33-16-21-7-3-6-10-24(21)39-17-25(36)34-23-9-5-4-8-22(23)28(29,30)31/h3-14,16,18H,15,17H2,1-2H3,(H,32,37)(H,34,36)(H,35,38)/b33-16-. The molecule has 3 rings (SSSR count). The van der Waals surface area contributed by atoms with Crippen LogP contribution in [-0.4, -0.2) is 30.5 Å². The summed E-state index contributed by atoms with van der Waals surface area (Å²) >= 11 is 0. The van der Waals surface area contributed by atoms with Gasteiger partial charge in [0, 0.05) is 12.1 Å². The first-order chi connectivity index (χ1) is 18.5. The largest absolute Gasteiger partial charge is 0.483 e. The lowest BCUT2D eigenvalue weighted by atomic mass is 10.0. The average molecular weight is 541 g/mol. The Morgan fingerprint density at radius 2 is 1.59 bits per heavy atom. The van der Waals surface area contributed by atoms with E-state index in [0.29, 0.717) is 11.5 Å². The van der Waals surface area contributed by atoms with Gasteiger partial charge in [-0.25, -0.2) is 5.43 Å². The number of ether oxygens (including phenoxy) is 1. The molecular weight excluding hydrogens is 513 g/mol. The predicted molar refractivity (Wildman–Crippen MR) is 140 cm³/mol. The van der Waals surface area contributed by atoms with Gasteiger partial charge < -0.3 is 15.4 Å². The number of benzene rings is 3. The van der Waals surface area contributed by atoms with E-state index in [2.05, 4.69) is 35.0 Å². The summed E-state index contributed by atoms with van der Waals surface area (Å²) in [6, 6.07) is 18.6. The maximum Gasteiger partial charge on any atom is 0.418 e. The number of hydrogen-bond donors (Lipinski definition) is 3. The lowest BCUT2D eigenvalue weighted by Crippen LogP contribution is -2.37. The Balaban J connectivity index is 1.51. The molecule has 0 aliphatic rings. The lowest BCUT2D eigenvalue weighted by molar-refractivity contribution is -0.139.